The minimum atomic E-state index is -0.349. The van der Waals surface area contributed by atoms with Crippen LogP contribution in [0.1, 0.15) is 28.3 Å². The van der Waals surface area contributed by atoms with E-state index in [2.05, 4.69) is 17.1 Å². The first kappa shape index (κ1) is 14.8. The van der Waals surface area contributed by atoms with Crippen LogP contribution in [-0.4, -0.2) is 28.9 Å². The lowest BCUT2D eigenvalue weighted by Gasteiger charge is -2.17. The first-order valence-electron chi connectivity index (χ1n) is 8.11. The Labute approximate surface area is 139 Å². The predicted octanol–water partition coefficient (Wildman–Crippen LogP) is 4.00. The van der Waals surface area contributed by atoms with E-state index in [1.807, 2.05) is 23.1 Å². The van der Waals surface area contributed by atoms with E-state index in [0.717, 1.165) is 6.42 Å². The minimum Gasteiger partial charge on any atom is -0.338 e. The Kier molecular flexibility index (Phi) is 3.73. The highest BCUT2D eigenvalue weighted by Gasteiger charge is 2.29. The molecule has 1 amide bonds. The Morgan fingerprint density at radius 2 is 1.92 bits per heavy atom. The highest BCUT2D eigenvalue weighted by atomic mass is 19.1. The van der Waals surface area contributed by atoms with E-state index in [1.165, 1.54) is 11.6 Å². The van der Waals surface area contributed by atoms with Crippen LogP contribution in [-0.2, 0) is 0 Å². The smallest absolute Gasteiger partial charge is 0.256 e. The van der Waals surface area contributed by atoms with Gasteiger partial charge in [-0.2, -0.15) is 0 Å². The average molecular weight is 320 g/mol. The van der Waals surface area contributed by atoms with Gasteiger partial charge in [-0.3, -0.25) is 9.78 Å². The number of amides is 1. The van der Waals surface area contributed by atoms with E-state index in [1.54, 1.807) is 24.4 Å². The highest BCUT2D eigenvalue weighted by Crippen LogP contribution is 2.29. The van der Waals surface area contributed by atoms with Gasteiger partial charge >= 0.3 is 0 Å². The summed E-state index contributed by atoms with van der Waals surface area (Å²) in [6.07, 6.45) is 2.54. The zero-order chi connectivity index (χ0) is 16.5. The third-order valence-corrected chi connectivity index (χ3v) is 4.69. The molecule has 1 aromatic heterocycles. The second kappa shape index (κ2) is 6.04. The number of carbonyl (C=O) groups excluding carboxylic acids is 1. The molecule has 24 heavy (non-hydrogen) atoms. The normalized spacial score (nSPS) is 17.4. The van der Waals surface area contributed by atoms with Crippen LogP contribution in [0.5, 0.6) is 0 Å². The van der Waals surface area contributed by atoms with Gasteiger partial charge < -0.3 is 4.90 Å². The van der Waals surface area contributed by atoms with Crippen LogP contribution in [0, 0.1) is 5.82 Å². The molecule has 0 saturated carbocycles. The predicted molar refractivity (Wildman–Crippen MR) is 91.4 cm³/mol. The number of carbonyl (C=O) groups is 1. The molecule has 4 rings (SSSR count). The zero-order valence-electron chi connectivity index (χ0n) is 13.2. The lowest BCUT2D eigenvalue weighted by molar-refractivity contribution is 0.0792. The van der Waals surface area contributed by atoms with E-state index < -0.39 is 0 Å². The highest BCUT2D eigenvalue weighted by molar-refractivity contribution is 6.05. The van der Waals surface area contributed by atoms with Gasteiger partial charge in [-0.05, 0) is 36.2 Å². The first-order chi connectivity index (χ1) is 11.7. The van der Waals surface area contributed by atoms with Crippen molar-refractivity contribution < 1.29 is 9.18 Å². The van der Waals surface area contributed by atoms with Gasteiger partial charge in [0.2, 0.25) is 0 Å². The van der Waals surface area contributed by atoms with Crippen LogP contribution < -0.4 is 0 Å². The van der Waals surface area contributed by atoms with Crippen molar-refractivity contribution in [1.82, 2.24) is 9.88 Å². The van der Waals surface area contributed by atoms with Gasteiger partial charge in [0.25, 0.3) is 5.91 Å². The minimum absolute atomic E-state index is 0.0721. The molecule has 1 unspecified atom stereocenters. The maximum absolute atomic E-state index is 13.9. The summed E-state index contributed by atoms with van der Waals surface area (Å²) in [6.45, 7) is 1.40. The number of rotatable bonds is 2. The summed E-state index contributed by atoms with van der Waals surface area (Å²) in [7, 11) is 0. The van der Waals surface area contributed by atoms with Crippen molar-refractivity contribution in [3.8, 4) is 0 Å². The van der Waals surface area contributed by atoms with Crippen LogP contribution in [0.2, 0.25) is 0 Å². The van der Waals surface area contributed by atoms with Gasteiger partial charge in [-0.1, -0.05) is 30.3 Å². The Morgan fingerprint density at radius 3 is 2.75 bits per heavy atom. The van der Waals surface area contributed by atoms with Gasteiger partial charge in [0.1, 0.15) is 5.82 Å². The second-order valence-corrected chi connectivity index (χ2v) is 6.14. The summed E-state index contributed by atoms with van der Waals surface area (Å²) >= 11 is 0. The quantitative estimate of drug-likeness (QED) is 0.715. The van der Waals surface area contributed by atoms with E-state index in [0.29, 0.717) is 35.5 Å². The van der Waals surface area contributed by atoms with Crippen molar-refractivity contribution in [2.45, 2.75) is 12.3 Å². The number of nitrogens with zero attached hydrogens (tertiary/aromatic N) is 2. The summed E-state index contributed by atoms with van der Waals surface area (Å²) in [5.74, 6) is -0.0646. The average Bonchev–Trinajstić information content (AvgIpc) is 3.13. The number of fused-ring (bicyclic) bond motifs is 1. The standard InChI is InChI=1S/C20H17FN2O/c21-18-9-8-17(19-16(18)7-4-11-22-19)20(24)23-12-10-15(13-23)14-5-2-1-3-6-14/h1-9,11,15H,10,12-13H2. The Bertz CT molecular complexity index is 895. The Morgan fingerprint density at radius 1 is 1.08 bits per heavy atom. The maximum atomic E-state index is 13.9. The molecule has 2 heterocycles. The maximum Gasteiger partial charge on any atom is 0.256 e. The fourth-order valence-electron chi connectivity index (χ4n) is 3.42. The molecule has 1 aliphatic rings. The summed E-state index contributed by atoms with van der Waals surface area (Å²) in [6, 6.07) is 16.5. The number of aromatic nitrogens is 1. The van der Waals surface area contributed by atoms with Crippen LogP contribution in [0.25, 0.3) is 10.9 Å². The molecule has 0 N–H and O–H groups in total. The molecule has 0 bridgehead atoms. The number of hydrogen-bond acceptors (Lipinski definition) is 2. The third kappa shape index (κ3) is 2.54. The molecule has 1 aliphatic heterocycles. The molecular weight excluding hydrogens is 303 g/mol. The lowest BCUT2D eigenvalue weighted by Crippen LogP contribution is -2.28. The van der Waals surface area contributed by atoms with Crippen molar-refractivity contribution in [3.63, 3.8) is 0 Å². The first-order valence-corrected chi connectivity index (χ1v) is 8.11. The third-order valence-electron chi connectivity index (χ3n) is 4.69. The molecular formula is C20H17FN2O. The van der Waals surface area contributed by atoms with Crippen molar-refractivity contribution in [2.24, 2.45) is 0 Å². The molecule has 0 spiro atoms. The molecule has 1 fully saturated rings. The van der Waals surface area contributed by atoms with Crippen molar-refractivity contribution >= 4 is 16.8 Å². The van der Waals surface area contributed by atoms with E-state index in [9.17, 15) is 9.18 Å². The van der Waals surface area contributed by atoms with Crippen LogP contribution >= 0.6 is 0 Å². The fourth-order valence-corrected chi connectivity index (χ4v) is 3.42. The zero-order valence-corrected chi connectivity index (χ0v) is 13.2. The van der Waals surface area contributed by atoms with Crippen LogP contribution in [0.4, 0.5) is 4.39 Å². The Hall–Kier alpha value is -2.75. The van der Waals surface area contributed by atoms with Crippen LogP contribution in [0.15, 0.2) is 60.8 Å². The monoisotopic (exact) mass is 320 g/mol. The van der Waals surface area contributed by atoms with E-state index >= 15 is 0 Å². The lowest BCUT2D eigenvalue weighted by atomic mass is 9.99. The second-order valence-electron chi connectivity index (χ2n) is 6.14. The molecule has 4 heteroatoms. The molecule has 120 valence electrons. The summed E-state index contributed by atoms with van der Waals surface area (Å²) in [5, 5.41) is 0.391. The SMILES string of the molecule is O=C(c1ccc(F)c2cccnc12)N1CCC(c2ccccc2)C1. The van der Waals surface area contributed by atoms with Crippen molar-refractivity contribution in [3.05, 3.63) is 77.7 Å². The van der Waals surface area contributed by atoms with Gasteiger partial charge in [0.05, 0.1) is 11.1 Å². The van der Waals surface area contributed by atoms with Crippen LogP contribution in [0.3, 0.4) is 0 Å². The van der Waals surface area contributed by atoms with E-state index in [-0.39, 0.29) is 11.7 Å². The molecule has 1 saturated heterocycles. The van der Waals surface area contributed by atoms with Crippen molar-refractivity contribution in [2.75, 3.05) is 13.1 Å². The molecule has 0 radical (unpaired) electrons. The number of benzene rings is 2. The number of hydrogen-bond donors (Lipinski definition) is 0. The molecule has 0 aliphatic carbocycles. The molecule has 3 nitrogen and oxygen atoms in total. The van der Waals surface area contributed by atoms with Gasteiger partial charge in [0, 0.05) is 30.6 Å². The van der Waals surface area contributed by atoms with Crippen molar-refractivity contribution in [1.29, 1.82) is 0 Å². The molecule has 2 aromatic carbocycles. The Balaban J connectivity index is 1.63. The molecule has 3 aromatic rings. The topological polar surface area (TPSA) is 33.2 Å². The number of halogens is 1. The van der Waals surface area contributed by atoms with Gasteiger partial charge in [0.15, 0.2) is 0 Å². The van der Waals surface area contributed by atoms with Gasteiger partial charge in [-0.25, -0.2) is 4.39 Å². The largest absolute Gasteiger partial charge is 0.338 e. The summed E-state index contributed by atoms with van der Waals surface area (Å²) in [5.41, 5.74) is 2.17. The fraction of sp³-hybridized carbons (Fsp3) is 0.200. The molecule has 1 atom stereocenters. The van der Waals surface area contributed by atoms with Gasteiger partial charge in [-0.15, -0.1) is 0 Å². The van der Waals surface area contributed by atoms with E-state index in [4.69, 9.17) is 0 Å². The summed E-state index contributed by atoms with van der Waals surface area (Å²) < 4.78 is 13.9. The summed E-state index contributed by atoms with van der Waals surface area (Å²) in [4.78, 5) is 19.0. The number of likely N-dealkylation sites (tertiary alicyclic amines) is 1. The number of pyridine rings is 1.